The van der Waals surface area contributed by atoms with Crippen molar-refractivity contribution in [3.8, 4) is 45.1 Å². The van der Waals surface area contributed by atoms with Gasteiger partial charge in [0.2, 0.25) is 5.52 Å². The van der Waals surface area contributed by atoms with Crippen LogP contribution in [0.1, 0.15) is 0 Å². The first-order valence-corrected chi connectivity index (χ1v) is 16.8. The summed E-state index contributed by atoms with van der Waals surface area (Å²) in [7, 11) is 0. The van der Waals surface area contributed by atoms with E-state index in [1.807, 2.05) is 36.5 Å². The number of hydrogen-bond donors (Lipinski definition) is 0. The molecule has 4 nitrogen and oxygen atoms in total. The molecule has 0 unspecified atom stereocenters. The minimum absolute atomic E-state index is 0. The Morgan fingerprint density at radius 3 is 2.12 bits per heavy atom. The smallest absolute Gasteiger partial charge is 0.868 e. The van der Waals surface area contributed by atoms with Crippen molar-refractivity contribution in [3.63, 3.8) is 0 Å². The molecule has 10 aromatic rings. The van der Waals surface area contributed by atoms with E-state index in [-0.39, 0.29) is 24.6 Å². The normalized spacial score (nSPS) is 11.5. The standard InChI is InChI=1S/C46H29N3O.Li/c50-43-26-25-37(39-16-9-27-47-45(39)43)44-34-13-5-4-10-31(34)28-40-35-15-8-14-33(36(35)23-24-38(40)44)29-19-21-30(22-20-29)46-48-41-17-6-7-18-42(41)49(46)32-11-2-1-3-12-32;/h1-28,50H;/q;+1. The molecule has 0 radical (unpaired) electrons. The van der Waals surface area contributed by atoms with Gasteiger partial charge in [-0.1, -0.05) is 121 Å². The van der Waals surface area contributed by atoms with Crippen molar-refractivity contribution < 1.29 is 29.0 Å². The van der Waals surface area contributed by atoms with Gasteiger partial charge in [-0.3, -0.25) is 4.57 Å². The third kappa shape index (κ3) is 4.92. The second-order valence-corrected chi connectivity index (χ2v) is 12.8. The van der Waals surface area contributed by atoms with Crippen LogP contribution in [0.15, 0.2) is 170 Å². The number of aromatic nitrogens is 3. The Balaban J connectivity index is 0.00000348. The minimum Gasteiger partial charge on any atom is -0.868 e. The predicted octanol–water partition coefficient (Wildman–Crippen LogP) is 7.53. The Morgan fingerprint density at radius 2 is 1.24 bits per heavy atom. The second-order valence-electron chi connectivity index (χ2n) is 12.8. The summed E-state index contributed by atoms with van der Waals surface area (Å²) < 4.78 is 2.24. The van der Waals surface area contributed by atoms with Crippen LogP contribution in [0.5, 0.6) is 5.75 Å². The van der Waals surface area contributed by atoms with Gasteiger partial charge in [0.25, 0.3) is 0 Å². The van der Waals surface area contributed by atoms with Gasteiger partial charge in [0.15, 0.2) is 6.20 Å². The molecule has 0 saturated heterocycles. The van der Waals surface area contributed by atoms with E-state index >= 15 is 0 Å². The van der Waals surface area contributed by atoms with Gasteiger partial charge < -0.3 is 5.11 Å². The second kappa shape index (κ2) is 12.3. The molecule has 8 aromatic carbocycles. The Bertz CT molecular complexity index is 2930. The molecule has 2 aromatic heterocycles. The molecular weight excluding hydrogens is 617 g/mol. The number of imidazole rings is 1. The summed E-state index contributed by atoms with van der Waals surface area (Å²) in [5.74, 6) is 0.912. The maximum Gasteiger partial charge on any atom is 1.00 e. The van der Waals surface area contributed by atoms with Crippen molar-refractivity contribution in [1.29, 1.82) is 0 Å². The van der Waals surface area contributed by atoms with Gasteiger partial charge >= 0.3 is 18.9 Å². The Labute approximate surface area is 306 Å². The van der Waals surface area contributed by atoms with Gasteiger partial charge in [-0.25, -0.2) is 9.97 Å². The molecule has 0 spiro atoms. The van der Waals surface area contributed by atoms with E-state index < -0.39 is 0 Å². The molecule has 1 N–H and O–H groups in total. The molecule has 0 aliphatic carbocycles. The fourth-order valence-corrected chi connectivity index (χ4v) is 7.72. The molecule has 0 aliphatic heterocycles. The van der Waals surface area contributed by atoms with Crippen molar-refractivity contribution in [1.82, 2.24) is 9.55 Å². The Morgan fingerprint density at radius 1 is 0.510 bits per heavy atom. The number of aromatic amines is 1. The summed E-state index contributed by atoms with van der Waals surface area (Å²) >= 11 is 0. The summed E-state index contributed by atoms with van der Waals surface area (Å²) in [6.45, 7) is 0. The minimum atomic E-state index is -0.00711. The first-order valence-electron chi connectivity index (χ1n) is 16.8. The fourth-order valence-electron chi connectivity index (χ4n) is 7.72. The molecule has 0 aliphatic rings. The Kier molecular flexibility index (Phi) is 7.44. The largest absolute Gasteiger partial charge is 1.00 e. The average molecular weight is 647 g/mol. The summed E-state index contributed by atoms with van der Waals surface area (Å²) in [5.41, 5.74) is 9.34. The maximum absolute atomic E-state index is 12.8. The molecule has 10 rings (SSSR count). The van der Waals surface area contributed by atoms with Crippen molar-refractivity contribution in [2.45, 2.75) is 0 Å². The van der Waals surface area contributed by atoms with E-state index in [4.69, 9.17) is 4.98 Å². The van der Waals surface area contributed by atoms with Crippen molar-refractivity contribution in [3.05, 3.63) is 170 Å². The van der Waals surface area contributed by atoms with Gasteiger partial charge in [0, 0.05) is 17.3 Å². The van der Waals surface area contributed by atoms with E-state index in [1.54, 1.807) is 6.07 Å². The predicted molar refractivity (Wildman–Crippen MR) is 203 cm³/mol. The van der Waals surface area contributed by atoms with Crippen molar-refractivity contribution in [2.24, 2.45) is 0 Å². The monoisotopic (exact) mass is 646 g/mol. The third-order valence-corrected chi connectivity index (χ3v) is 10.00. The molecule has 0 atom stereocenters. The zero-order valence-electron chi connectivity index (χ0n) is 28.0. The van der Waals surface area contributed by atoms with Crippen LogP contribution in [-0.2, 0) is 0 Å². The van der Waals surface area contributed by atoms with E-state index in [9.17, 15) is 5.11 Å². The molecule has 51 heavy (non-hydrogen) atoms. The van der Waals surface area contributed by atoms with E-state index in [0.717, 1.165) is 66.3 Å². The number of fused-ring (bicyclic) bond motifs is 6. The molecule has 0 amide bonds. The van der Waals surface area contributed by atoms with Crippen LogP contribution >= 0.6 is 0 Å². The molecule has 0 saturated carbocycles. The number of nitrogens with one attached hydrogen (secondary N) is 1. The molecule has 0 fully saturated rings. The SMILES string of the molecule is [Li+].[O-]c1ccc(-c2c3ccccc3cc3c2ccc2c(-c4ccc(-c5nc6ccccc6n5-c5ccccc5)cc4)cccc23)c2ccc[nH+]c12. The van der Waals surface area contributed by atoms with Crippen LogP contribution in [0.3, 0.4) is 0 Å². The maximum atomic E-state index is 12.8. The van der Waals surface area contributed by atoms with E-state index in [1.165, 1.54) is 21.7 Å². The first kappa shape index (κ1) is 30.8. The van der Waals surface area contributed by atoms with Gasteiger partial charge in [-0.15, -0.1) is 0 Å². The summed E-state index contributed by atoms with van der Waals surface area (Å²) in [6, 6.07) is 57.1. The van der Waals surface area contributed by atoms with Gasteiger partial charge in [0.1, 0.15) is 5.82 Å². The quantitative estimate of drug-likeness (QED) is 0.113. The summed E-state index contributed by atoms with van der Waals surface area (Å²) in [5, 5.41) is 20.8. The van der Waals surface area contributed by atoms with Crippen LogP contribution in [0.25, 0.3) is 93.6 Å². The molecular formula is C46H29LiN3O+. The first-order chi connectivity index (χ1) is 24.7. The van der Waals surface area contributed by atoms with Crippen LogP contribution in [0.4, 0.5) is 0 Å². The van der Waals surface area contributed by atoms with Gasteiger partial charge in [-0.2, -0.15) is 0 Å². The number of hydrogen-bond acceptors (Lipinski definition) is 2. The van der Waals surface area contributed by atoms with Gasteiger partial charge in [-0.05, 0) is 96.7 Å². The molecule has 234 valence electrons. The molecule has 0 bridgehead atoms. The zero-order valence-corrected chi connectivity index (χ0v) is 28.0. The van der Waals surface area contributed by atoms with Crippen molar-refractivity contribution >= 4 is 54.3 Å². The molecule has 2 heterocycles. The third-order valence-electron chi connectivity index (χ3n) is 10.00. The summed E-state index contributed by atoms with van der Waals surface area (Å²) in [6.07, 6.45) is 1.82. The van der Waals surface area contributed by atoms with E-state index in [2.05, 4.69) is 137 Å². The van der Waals surface area contributed by atoms with Crippen LogP contribution in [0, 0.1) is 0 Å². The number of para-hydroxylation sites is 3. The number of nitrogens with zero attached hydrogens (tertiary/aromatic N) is 2. The fraction of sp³-hybridized carbons (Fsp3) is 0. The van der Waals surface area contributed by atoms with E-state index in [0.29, 0.717) is 5.52 Å². The van der Waals surface area contributed by atoms with Crippen LogP contribution in [0.2, 0.25) is 0 Å². The van der Waals surface area contributed by atoms with Crippen LogP contribution < -0.4 is 29.0 Å². The number of rotatable bonds is 4. The van der Waals surface area contributed by atoms with Crippen LogP contribution in [-0.4, -0.2) is 9.55 Å². The molecule has 5 heteroatoms. The average Bonchev–Trinajstić information content (AvgIpc) is 3.57. The zero-order chi connectivity index (χ0) is 33.2. The number of H-pyrrole nitrogens is 1. The summed E-state index contributed by atoms with van der Waals surface area (Å²) in [4.78, 5) is 8.27. The number of pyridine rings is 1. The number of benzene rings is 8. The van der Waals surface area contributed by atoms with Gasteiger partial charge in [0.05, 0.1) is 16.4 Å². The van der Waals surface area contributed by atoms with Crippen molar-refractivity contribution in [2.75, 3.05) is 0 Å². The topological polar surface area (TPSA) is 55.0 Å². The Hall–Kier alpha value is -6.18.